The fraction of sp³-hybridized carbons (Fsp3) is 0.231. The molecule has 0 radical (unpaired) electrons. The highest BCUT2D eigenvalue weighted by molar-refractivity contribution is 9.10. The van der Waals surface area contributed by atoms with Gasteiger partial charge in [0, 0.05) is 10.2 Å². The lowest BCUT2D eigenvalue weighted by molar-refractivity contribution is -0.115. The van der Waals surface area contributed by atoms with Crippen molar-refractivity contribution in [3.63, 3.8) is 0 Å². The van der Waals surface area contributed by atoms with Crippen LogP contribution in [0.4, 0.5) is 5.69 Å². The highest BCUT2D eigenvalue weighted by Crippen LogP contribution is 2.18. The third-order valence-corrected chi connectivity index (χ3v) is 4.91. The molecule has 1 amide bonds. The highest BCUT2D eigenvalue weighted by atomic mass is 79.9. The Balaban J connectivity index is 2.02. The van der Waals surface area contributed by atoms with E-state index in [9.17, 15) is 13.2 Å². The fourth-order valence-electron chi connectivity index (χ4n) is 1.86. The van der Waals surface area contributed by atoms with Gasteiger partial charge in [-0.1, -0.05) is 27.2 Å². The third kappa shape index (κ3) is 3.93. The van der Waals surface area contributed by atoms with Crippen LogP contribution in [0, 0.1) is 13.8 Å². The number of carbonyl (C=O) groups excluding carboxylic acids is 1. The normalized spacial score (nSPS) is 11.4. The Morgan fingerprint density at radius 2 is 2.09 bits per heavy atom. The Morgan fingerprint density at radius 1 is 1.36 bits per heavy atom. The number of aryl methyl sites for hydroxylation is 2. The van der Waals surface area contributed by atoms with Crippen LogP contribution in [-0.2, 0) is 14.8 Å². The molecule has 0 aliphatic carbocycles. The van der Waals surface area contributed by atoms with E-state index in [0.717, 1.165) is 4.47 Å². The summed E-state index contributed by atoms with van der Waals surface area (Å²) >= 11 is 3.28. The summed E-state index contributed by atoms with van der Waals surface area (Å²) in [6.07, 6.45) is 0. The van der Waals surface area contributed by atoms with Crippen molar-refractivity contribution in [2.75, 3.05) is 11.9 Å². The molecule has 1 aromatic carbocycles. The molecular weight excluding hydrogens is 374 g/mol. The van der Waals surface area contributed by atoms with Gasteiger partial charge in [0.25, 0.3) is 0 Å². The zero-order chi connectivity index (χ0) is 16.3. The van der Waals surface area contributed by atoms with E-state index in [1.54, 1.807) is 18.2 Å². The molecule has 0 fully saturated rings. The molecule has 0 saturated carbocycles. The van der Waals surface area contributed by atoms with E-state index in [-0.39, 0.29) is 22.9 Å². The maximum absolute atomic E-state index is 12.1. The maximum atomic E-state index is 12.1. The number of halogens is 1. The average Bonchev–Trinajstić information content (AvgIpc) is 2.77. The summed E-state index contributed by atoms with van der Waals surface area (Å²) in [5, 5.41) is 6.18. The van der Waals surface area contributed by atoms with Crippen molar-refractivity contribution in [2.45, 2.75) is 18.7 Å². The standard InChI is InChI=1S/C13H14BrN3O4S/c1-8-13(9(2)21-17-8)22(19,20)15-7-12(18)16-11-5-3-4-10(14)6-11/h3-6,15H,7H2,1-2H3,(H,16,18). The van der Waals surface area contributed by atoms with E-state index in [1.165, 1.54) is 13.8 Å². The smallest absolute Gasteiger partial charge is 0.246 e. The minimum atomic E-state index is -3.85. The van der Waals surface area contributed by atoms with Crippen LogP contribution in [0.2, 0.25) is 0 Å². The van der Waals surface area contributed by atoms with E-state index in [2.05, 4.69) is 31.1 Å². The van der Waals surface area contributed by atoms with Crippen LogP contribution in [0.5, 0.6) is 0 Å². The number of rotatable bonds is 5. The molecule has 1 aromatic heterocycles. The molecule has 0 unspecified atom stereocenters. The minimum Gasteiger partial charge on any atom is -0.360 e. The van der Waals surface area contributed by atoms with Crippen molar-refractivity contribution < 1.29 is 17.7 Å². The zero-order valence-electron chi connectivity index (χ0n) is 11.9. The van der Waals surface area contributed by atoms with Crippen molar-refractivity contribution >= 4 is 37.5 Å². The maximum Gasteiger partial charge on any atom is 0.246 e. The van der Waals surface area contributed by atoms with E-state index in [4.69, 9.17) is 4.52 Å². The van der Waals surface area contributed by atoms with Gasteiger partial charge in [-0.25, -0.2) is 13.1 Å². The Morgan fingerprint density at radius 3 is 2.68 bits per heavy atom. The van der Waals surface area contributed by atoms with Crippen molar-refractivity contribution in [3.05, 3.63) is 40.2 Å². The van der Waals surface area contributed by atoms with Gasteiger partial charge < -0.3 is 9.84 Å². The number of hydrogen-bond acceptors (Lipinski definition) is 5. The molecule has 9 heteroatoms. The number of benzene rings is 1. The van der Waals surface area contributed by atoms with Crippen LogP contribution in [0.25, 0.3) is 0 Å². The second-order valence-electron chi connectivity index (χ2n) is 4.54. The predicted octanol–water partition coefficient (Wildman–Crippen LogP) is 1.97. The second kappa shape index (κ2) is 6.59. The number of amides is 1. The highest BCUT2D eigenvalue weighted by Gasteiger charge is 2.24. The first kappa shape index (κ1) is 16.7. The predicted molar refractivity (Wildman–Crippen MR) is 83.9 cm³/mol. The Bertz CT molecular complexity index is 782. The topological polar surface area (TPSA) is 101 Å². The van der Waals surface area contributed by atoms with E-state index in [0.29, 0.717) is 5.69 Å². The molecular formula is C13H14BrN3O4S. The van der Waals surface area contributed by atoms with Crippen LogP contribution >= 0.6 is 15.9 Å². The molecule has 0 saturated heterocycles. The van der Waals surface area contributed by atoms with Crippen molar-refractivity contribution in [1.82, 2.24) is 9.88 Å². The molecule has 7 nitrogen and oxygen atoms in total. The molecule has 118 valence electrons. The summed E-state index contributed by atoms with van der Waals surface area (Å²) in [7, 11) is -3.85. The molecule has 0 bridgehead atoms. The molecule has 1 heterocycles. The molecule has 2 N–H and O–H groups in total. The summed E-state index contributed by atoms with van der Waals surface area (Å²) in [5.41, 5.74) is 0.813. The quantitative estimate of drug-likeness (QED) is 0.816. The molecule has 0 aliphatic heterocycles. The molecule has 0 atom stereocenters. The number of nitrogens with zero attached hydrogens (tertiary/aromatic N) is 1. The number of anilines is 1. The monoisotopic (exact) mass is 387 g/mol. The number of nitrogens with one attached hydrogen (secondary N) is 2. The molecule has 2 rings (SSSR count). The van der Waals surface area contributed by atoms with Crippen LogP contribution in [-0.4, -0.2) is 26.0 Å². The van der Waals surface area contributed by atoms with Crippen LogP contribution < -0.4 is 10.0 Å². The first-order valence-corrected chi connectivity index (χ1v) is 8.55. The number of hydrogen-bond donors (Lipinski definition) is 2. The Kier molecular flexibility index (Phi) is 4.99. The molecule has 22 heavy (non-hydrogen) atoms. The lowest BCUT2D eigenvalue weighted by Gasteiger charge is -2.07. The van der Waals surface area contributed by atoms with Gasteiger partial charge in [0.2, 0.25) is 15.9 Å². The molecule has 2 aromatic rings. The number of sulfonamides is 1. The van der Waals surface area contributed by atoms with Crippen molar-refractivity contribution in [3.8, 4) is 0 Å². The van der Waals surface area contributed by atoms with Gasteiger partial charge in [0.05, 0.1) is 6.54 Å². The van der Waals surface area contributed by atoms with Crippen molar-refractivity contribution in [1.29, 1.82) is 0 Å². The second-order valence-corrected chi connectivity index (χ2v) is 7.16. The minimum absolute atomic E-state index is 0.0391. The van der Waals surface area contributed by atoms with E-state index >= 15 is 0 Å². The summed E-state index contributed by atoms with van der Waals surface area (Å²) in [6.45, 7) is 2.63. The van der Waals surface area contributed by atoms with Gasteiger partial charge in [0.1, 0.15) is 10.6 Å². The third-order valence-electron chi connectivity index (χ3n) is 2.77. The van der Waals surface area contributed by atoms with E-state index < -0.39 is 15.9 Å². The summed E-state index contributed by atoms with van der Waals surface area (Å²) in [6, 6.07) is 6.98. The first-order valence-electron chi connectivity index (χ1n) is 6.27. The summed E-state index contributed by atoms with van der Waals surface area (Å²) in [5.74, 6) is -0.300. The van der Waals surface area contributed by atoms with Gasteiger partial charge in [-0.3, -0.25) is 4.79 Å². The lowest BCUT2D eigenvalue weighted by Crippen LogP contribution is -2.33. The largest absolute Gasteiger partial charge is 0.360 e. The van der Waals surface area contributed by atoms with Crippen LogP contribution in [0.15, 0.2) is 38.2 Å². The van der Waals surface area contributed by atoms with Gasteiger partial charge in [-0.15, -0.1) is 0 Å². The fourth-order valence-corrected chi connectivity index (χ4v) is 3.57. The average molecular weight is 388 g/mol. The number of carbonyl (C=O) groups is 1. The summed E-state index contributed by atoms with van der Waals surface area (Å²) in [4.78, 5) is 11.8. The number of aromatic nitrogens is 1. The SMILES string of the molecule is Cc1noc(C)c1S(=O)(=O)NCC(=O)Nc1cccc(Br)c1. The first-order chi connectivity index (χ1) is 10.3. The van der Waals surface area contributed by atoms with Gasteiger partial charge in [0.15, 0.2) is 5.76 Å². The Hall–Kier alpha value is -1.71. The zero-order valence-corrected chi connectivity index (χ0v) is 14.3. The van der Waals surface area contributed by atoms with Gasteiger partial charge in [-0.05, 0) is 32.0 Å². The Labute approximate surface area is 136 Å². The lowest BCUT2D eigenvalue weighted by atomic mass is 10.3. The van der Waals surface area contributed by atoms with Crippen LogP contribution in [0.3, 0.4) is 0 Å². The van der Waals surface area contributed by atoms with Gasteiger partial charge >= 0.3 is 0 Å². The van der Waals surface area contributed by atoms with Crippen LogP contribution in [0.1, 0.15) is 11.5 Å². The summed E-state index contributed by atoms with van der Waals surface area (Å²) < 4.78 is 32.2. The molecule has 0 aliphatic rings. The van der Waals surface area contributed by atoms with Gasteiger partial charge in [-0.2, -0.15) is 0 Å². The van der Waals surface area contributed by atoms with E-state index in [1.807, 2.05) is 6.07 Å². The van der Waals surface area contributed by atoms with Crippen molar-refractivity contribution in [2.24, 2.45) is 0 Å². The molecule has 0 spiro atoms.